The quantitative estimate of drug-likeness (QED) is 0.902. The van der Waals surface area contributed by atoms with Gasteiger partial charge in [-0.3, -0.25) is 4.98 Å². The van der Waals surface area contributed by atoms with Crippen LogP contribution in [0.1, 0.15) is 6.42 Å². The molecule has 1 unspecified atom stereocenters. The normalized spacial score (nSPS) is 18.6. The summed E-state index contributed by atoms with van der Waals surface area (Å²) in [5.74, 6) is 0. The van der Waals surface area contributed by atoms with Crippen molar-refractivity contribution in [3.05, 3.63) is 36.7 Å². The van der Waals surface area contributed by atoms with Gasteiger partial charge in [0.25, 0.3) is 0 Å². The third-order valence-corrected chi connectivity index (χ3v) is 3.62. The molecule has 0 amide bonds. The largest absolute Gasteiger partial charge is 0.370 e. The van der Waals surface area contributed by atoms with Gasteiger partial charge >= 0.3 is 0 Å². The van der Waals surface area contributed by atoms with Gasteiger partial charge in [0.05, 0.1) is 0 Å². The molecule has 96 valence electrons. The van der Waals surface area contributed by atoms with Gasteiger partial charge in [0.2, 0.25) is 0 Å². The second-order valence-corrected chi connectivity index (χ2v) is 4.63. The third-order valence-electron chi connectivity index (χ3n) is 3.62. The fraction of sp³-hybridized carbons (Fsp3) is 0.357. The zero-order chi connectivity index (χ0) is 11.7. The average molecular weight is 264 g/mol. The van der Waals surface area contributed by atoms with Gasteiger partial charge < -0.3 is 10.2 Å². The maximum Gasteiger partial charge on any atom is 0.0447 e. The van der Waals surface area contributed by atoms with Crippen LogP contribution in [-0.2, 0) is 0 Å². The molecule has 0 aliphatic carbocycles. The highest BCUT2D eigenvalue weighted by molar-refractivity contribution is 5.93. The van der Waals surface area contributed by atoms with Crippen LogP contribution < -0.4 is 10.2 Å². The van der Waals surface area contributed by atoms with Crippen LogP contribution in [0.2, 0.25) is 0 Å². The fourth-order valence-corrected chi connectivity index (χ4v) is 2.58. The molecule has 1 saturated heterocycles. The van der Waals surface area contributed by atoms with E-state index in [-0.39, 0.29) is 12.4 Å². The summed E-state index contributed by atoms with van der Waals surface area (Å²) < 4.78 is 0. The number of fused-ring (bicyclic) bond motifs is 1. The number of pyridine rings is 1. The van der Waals surface area contributed by atoms with Gasteiger partial charge in [0, 0.05) is 48.5 Å². The van der Waals surface area contributed by atoms with Gasteiger partial charge in [0.15, 0.2) is 0 Å². The number of anilines is 1. The fourth-order valence-electron chi connectivity index (χ4n) is 2.58. The van der Waals surface area contributed by atoms with E-state index in [1.807, 2.05) is 12.4 Å². The average Bonchev–Trinajstić information content (AvgIpc) is 2.91. The summed E-state index contributed by atoms with van der Waals surface area (Å²) in [5.41, 5.74) is 1.30. The van der Waals surface area contributed by atoms with E-state index in [0.717, 1.165) is 13.1 Å². The number of halogens is 1. The Bertz CT molecular complexity index is 518. The van der Waals surface area contributed by atoms with E-state index in [1.165, 1.54) is 22.9 Å². The van der Waals surface area contributed by atoms with E-state index in [2.05, 4.69) is 46.5 Å². The molecule has 0 bridgehead atoms. The van der Waals surface area contributed by atoms with E-state index in [0.29, 0.717) is 6.04 Å². The van der Waals surface area contributed by atoms with Gasteiger partial charge in [0.1, 0.15) is 0 Å². The summed E-state index contributed by atoms with van der Waals surface area (Å²) in [7, 11) is 2.19. The SMILES string of the molecule is CN(c1cccc2cnccc12)C1CCNC1.Cl. The molecular formula is C14H18ClN3. The lowest BCUT2D eigenvalue weighted by Crippen LogP contribution is -2.33. The van der Waals surface area contributed by atoms with E-state index < -0.39 is 0 Å². The number of aromatic nitrogens is 1. The maximum absolute atomic E-state index is 4.18. The van der Waals surface area contributed by atoms with Crippen LogP contribution in [0.5, 0.6) is 0 Å². The molecule has 2 aromatic rings. The zero-order valence-electron chi connectivity index (χ0n) is 10.5. The molecule has 1 N–H and O–H groups in total. The molecule has 3 nitrogen and oxygen atoms in total. The lowest BCUT2D eigenvalue weighted by molar-refractivity contribution is 0.687. The van der Waals surface area contributed by atoms with Gasteiger partial charge in [-0.1, -0.05) is 12.1 Å². The smallest absolute Gasteiger partial charge is 0.0447 e. The minimum absolute atomic E-state index is 0. The van der Waals surface area contributed by atoms with E-state index in [1.54, 1.807) is 0 Å². The Balaban J connectivity index is 0.00000120. The van der Waals surface area contributed by atoms with Crippen molar-refractivity contribution in [1.29, 1.82) is 0 Å². The second kappa shape index (κ2) is 5.55. The Morgan fingerprint density at radius 1 is 1.33 bits per heavy atom. The Kier molecular flexibility index (Phi) is 4.04. The number of rotatable bonds is 2. The molecule has 4 heteroatoms. The second-order valence-electron chi connectivity index (χ2n) is 4.63. The molecule has 3 rings (SSSR count). The van der Waals surface area contributed by atoms with Crippen molar-refractivity contribution in [3.63, 3.8) is 0 Å². The van der Waals surface area contributed by atoms with Crippen molar-refractivity contribution in [2.75, 3.05) is 25.0 Å². The van der Waals surface area contributed by atoms with Gasteiger partial charge in [-0.05, 0) is 25.1 Å². The predicted octanol–water partition coefficient (Wildman–Crippen LogP) is 2.45. The summed E-state index contributed by atoms with van der Waals surface area (Å²) in [5, 5.41) is 5.92. The highest BCUT2D eigenvalue weighted by atomic mass is 35.5. The number of nitrogens with zero attached hydrogens (tertiary/aromatic N) is 2. The number of hydrogen-bond donors (Lipinski definition) is 1. The number of hydrogen-bond acceptors (Lipinski definition) is 3. The lowest BCUT2D eigenvalue weighted by atomic mass is 10.1. The zero-order valence-corrected chi connectivity index (χ0v) is 11.3. The summed E-state index contributed by atoms with van der Waals surface area (Å²) in [6.45, 7) is 2.21. The lowest BCUT2D eigenvalue weighted by Gasteiger charge is -2.27. The standard InChI is InChI=1S/C14H17N3.ClH/c1-17(12-5-7-16-10-12)14-4-2-3-11-9-15-8-6-13(11)14;/h2-4,6,8-9,12,16H,5,7,10H2,1H3;1H. The Morgan fingerprint density at radius 3 is 3.00 bits per heavy atom. The number of benzene rings is 1. The Hall–Kier alpha value is -1.32. The Morgan fingerprint density at radius 2 is 2.22 bits per heavy atom. The van der Waals surface area contributed by atoms with Crippen molar-refractivity contribution >= 4 is 28.9 Å². The maximum atomic E-state index is 4.18. The molecule has 1 aliphatic rings. The molecule has 1 atom stereocenters. The van der Waals surface area contributed by atoms with E-state index in [9.17, 15) is 0 Å². The number of nitrogens with one attached hydrogen (secondary N) is 1. The van der Waals surface area contributed by atoms with Crippen molar-refractivity contribution in [2.24, 2.45) is 0 Å². The minimum atomic E-state index is 0. The highest BCUT2D eigenvalue weighted by Gasteiger charge is 2.20. The van der Waals surface area contributed by atoms with Crippen molar-refractivity contribution in [3.8, 4) is 0 Å². The first kappa shape index (κ1) is 13.1. The van der Waals surface area contributed by atoms with Crippen LogP contribution in [0.15, 0.2) is 36.7 Å². The van der Waals surface area contributed by atoms with E-state index >= 15 is 0 Å². The highest BCUT2D eigenvalue weighted by Crippen LogP contribution is 2.27. The monoisotopic (exact) mass is 263 g/mol. The molecule has 0 saturated carbocycles. The summed E-state index contributed by atoms with van der Waals surface area (Å²) in [6.07, 6.45) is 5.02. The summed E-state index contributed by atoms with van der Waals surface area (Å²) in [6, 6.07) is 9.13. The topological polar surface area (TPSA) is 28.2 Å². The molecular weight excluding hydrogens is 246 g/mol. The molecule has 1 aromatic carbocycles. The van der Waals surface area contributed by atoms with Crippen LogP contribution in [0, 0.1) is 0 Å². The molecule has 0 radical (unpaired) electrons. The van der Waals surface area contributed by atoms with Crippen LogP contribution in [0.3, 0.4) is 0 Å². The summed E-state index contributed by atoms with van der Waals surface area (Å²) in [4.78, 5) is 6.57. The minimum Gasteiger partial charge on any atom is -0.370 e. The molecule has 1 aromatic heterocycles. The first-order valence-electron chi connectivity index (χ1n) is 6.12. The van der Waals surface area contributed by atoms with Crippen LogP contribution >= 0.6 is 12.4 Å². The predicted molar refractivity (Wildman–Crippen MR) is 78.7 cm³/mol. The molecule has 18 heavy (non-hydrogen) atoms. The molecule has 2 heterocycles. The summed E-state index contributed by atoms with van der Waals surface area (Å²) >= 11 is 0. The first-order valence-corrected chi connectivity index (χ1v) is 6.12. The van der Waals surface area contributed by atoms with Gasteiger partial charge in [-0.25, -0.2) is 0 Å². The van der Waals surface area contributed by atoms with Crippen LogP contribution in [-0.4, -0.2) is 31.2 Å². The Labute approximate surface area is 114 Å². The van der Waals surface area contributed by atoms with E-state index in [4.69, 9.17) is 0 Å². The van der Waals surface area contributed by atoms with Gasteiger partial charge in [-0.2, -0.15) is 0 Å². The number of likely N-dealkylation sites (N-methyl/N-ethyl adjacent to an activating group) is 1. The van der Waals surface area contributed by atoms with Crippen molar-refractivity contribution < 1.29 is 0 Å². The first-order chi connectivity index (χ1) is 8.36. The van der Waals surface area contributed by atoms with Crippen LogP contribution in [0.4, 0.5) is 5.69 Å². The van der Waals surface area contributed by atoms with Crippen LogP contribution in [0.25, 0.3) is 10.8 Å². The molecule has 1 fully saturated rings. The van der Waals surface area contributed by atoms with Gasteiger partial charge in [-0.15, -0.1) is 12.4 Å². The van der Waals surface area contributed by atoms with Crippen molar-refractivity contribution in [1.82, 2.24) is 10.3 Å². The molecule has 1 aliphatic heterocycles. The third kappa shape index (κ3) is 2.28. The molecule has 0 spiro atoms. The van der Waals surface area contributed by atoms with Crippen molar-refractivity contribution in [2.45, 2.75) is 12.5 Å².